The van der Waals surface area contributed by atoms with E-state index in [9.17, 15) is 41.6 Å². The van der Waals surface area contributed by atoms with Crippen molar-refractivity contribution in [2.45, 2.75) is 113 Å². The molecule has 14 nitrogen and oxygen atoms in total. The summed E-state index contributed by atoms with van der Waals surface area (Å²) in [5.74, 6) is -0.455. The maximum atomic E-state index is 14.0. The summed E-state index contributed by atoms with van der Waals surface area (Å²) in [6, 6.07) is 21.6. The van der Waals surface area contributed by atoms with Crippen LogP contribution in [-0.2, 0) is 10.0 Å². The number of rotatable bonds is 13. The summed E-state index contributed by atoms with van der Waals surface area (Å²) < 4.78 is 75.7. The van der Waals surface area contributed by atoms with Crippen molar-refractivity contribution in [1.82, 2.24) is 19.6 Å². The number of fused-ring (bicyclic) bond motifs is 1. The molecule has 2 aliphatic heterocycles. The van der Waals surface area contributed by atoms with Crippen molar-refractivity contribution in [1.29, 1.82) is 0 Å². The van der Waals surface area contributed by atoms with E-state index in [1.165, 1.54) is 55.1 Å². The predicted octanol–water partition coefficient (Wildman–Crippen LogP) is 9.99. The van der Waals surface area contributed by atoms with Crippen LogP contribution in [0.3, 0.4) is 0 Å². The number of aliphatic hydroxyl groups is 1. The number of nitrogens with one attached hydrogen (secondary N) is 3. The summed E-state index contributed by atoms with van der Waals surface area (Å²) in [6.07, 6.45) is 4.32. The topological polar surface area (TPSA) is 183 Å². The van der Waals surface area contributed by atoms with Crippen LogP contribution in [0.2, 0.25) is 0 Å². The smallest absolute Gasteiger partial charge is 0.417 e. The van der Waals surface area contributed by atoms with Gasteiger partial charge in [0.05, 0.1) is 21.6 Å². The molecule has 4 fully saturated rings. The number of H-pyrrole nitrogens is 1. The molecule has 0 bridgehead atoms. The highest BCUT2D eigenvalue weighted by molar-refractivity contribution is 7.90. The highest BCUT2D eigenvalue weighted by Crippen LogP contribution is 2.54. The summed E-state index contributed by atoms with van der Waals surface area (Å²) in [7, 11) is -4.68. The molecule has 1 amide bonds. The highest BCUT2D eigenvalue weighted by Gasteiger charge is 2.54. The number of carbonyl (C=O) groups is 1. The first kappa shape index (κ1) is 46.4. The van der Waals surface area contributed by atoms with Crippen molar-refractivity contribution in [3.05, 3.63) is 112 Å². The van der Waals surface area contributed by atoms with Gasteiger partial charge >= 0.3 is 6.18 Å². The molecular weight excluding hydrogens is 888 g/mol. The van der Waals surface area contributed by atoms with E-state index in [2.05, 4.69) is 67.9 Å². The predicted molar refractivity (Wildman–Crippen MR) is 248 cm³/mol. The zero-order valence-electron chi connectivity index (χ0n) is 37.5. The first-order valence-corrected chi connectivity index (χ1v) is 24.6. The number of likely N-dealkylation sites (tertiary alicyclic amines) is 1. The molecule has 2 saturated heterocycles. The number of hydrogen-bond donors (Lipinski definition) is 4. The summed E-state index contributed by atoms with van der Waals surface area (Å²) in [6.45, 7) is 7.33. The van der Waals surface area contributed by atoms with Crippen molar-refractivity contribution in [2.75, 3.05) is 36.4 Å². The van der Waals surface area contributed by atoms with Gasteiger partial charge in [-0.15, -0.1) is 0 Å². The van der Waals surface area contributed by atoms with Gasteiger partial charge in [-0.3, -0.25) is 19.8 Å². The number of aromatic nitrogens is 2. The number of amides is 1. The number of nitro benzene ring substituents is 1. The van der Waals surface area contributed by atoms with E-state index in [0.29, 0.717) is 29.4 Å². The van der Waals surface area contributed by atoms with Crippen molar-refractivity contribution in [3.8, 4) is 11.5 Å². The van der Waals surface area contributed by atoms with Gasteiger partial charge in [-0.25, -0.2) is 18.1 Å². The Labute approximate surface area is 387 Å². The first-order chi connectivity index (χ1) is 31.9. The molecule has 2 aliphatic carbocycles. The minimum atomic E-state index is -4.76. The Kier molecular flexibility index (Phi) is 12.5. The molecule has 2 aromatic heterocycles. The molecule has 9 rings (SSSR count). The van der Waals surface area contributed by atoms with Gasteiger partial charge in [0.25, 0.3) is 21.6 Å². The summed E-state index contributed by atoms with van der Waals surface area (Å²) >= 11 is 0. The summed E-state index contributed by atoms with van der Waals surface area (Å²) in [5.41, 5.74) is 1.12. The van der Waals surface area contributed by atoms with Crippen LogP contribution in [-0.4, -0.2) is 83.2 Å². The molecule has 3 aromatic carbocycles. The molecule has 4 aliphatic rings. The Hall–Kier alpha value is -5.72. The number of sulfonamides is 1. The van der Waals surface area contributed by atoms with E-state index in [1.54, 1.807) is 24.4 Å². The number of ether oxygens (including phenoxy) is 1. The lowest BCUT2D eigenvalue weighted by Gasteiger charge is -2.56. The number of nitro groups is 1. The fourth-order valence-corrected chi connectivity index (χ4v) is 11.9. The van der Waals surface area contributed by atoms with E-state index in [0.717, 1.165) is 55.7 Å². The molecule has 1 spiro atoms. The molecule has 0 unspecified atom stereocenters. The largest absolute Gasteiger partial charge is 0.455 e. The zero-order valence-corrected chi connectivity index (χ0v) is 38.3. The average molecular weight is 944 g/mol. The van der Waals surface area contributed by atoms with Crippen molar-refractivity contribution >= 4 is 44.0 Å². The number of alkyl halides is 3. The van der Waals surface area contributed by atoms with Crippen LogP contribution in [0.4, 0.5) is 30.2 Å². The van der Waals surface area contributed by atoms with Gasteiger partial charge in [0.2, 0.25) is 0 Å². The summed E-state index contributed by atoms with van der Waals surface area (Å²) in [4.78, 5) is 37.2. The minimum Gasteiger partial charge on any atom is -0.455 e. The zero-order chi connectivity index (χ0) is 47.3. The number of hydrogen-bond acceptors (Lipinski definition) is 11. The fraction of sp³-hybridized carbons (Fsp3) is 0.469. The highest BCUT2D eigenvalue weighted by atomic mass is 32.2. The Bertz CT molecular complexity index is 2760. The third-order valence-electron chi connectivity index (χ3n) is 14.8. The van der Waals surface area contributed by atoms with Crippen LogP contribution in [0.25, 0.3) is 11.0 Å². The molecule has 4 N–H and O–H groups in total. The van der Waals surface area contributed by atoms with Gasteiger partial charge in [0.1, 0.15) is 22.8 Å². The second kappa shape index (κ2) is 18.1. The molecular formula is C49H56F3N7O7S. The molecule has 18 heteroatoms. The van der Waals surface area contributed by atoms with E-state index in [4.69, 9.17) is 4.74 Å². The number of benzene rings is 3. The normalized spacial score (nSPS) is 22.5. The monoisotopic (exact) mass is 943 g/mol. The Morgan fingerprint density at radius 2 is 1.75 bits per heavy atom. The van der Waals surface area contributed by atoms with Crippen LogP contribution in [0.15, 0.2) is 90.1 Å². The van der Waals surface area contributed by atoms with Crippen LogP contribution in [0.5, 0.6) is 11.5 Å². The number of halogens is 3. The third-order valence-corrected chi connectivity index (χ3v) is 16.2. The van der Waals surface area contributed by atoms with Crippen molar-refractivity contribution < 1.29 is 41.2 Å². The maximum Gasteiger partial charge on any atom is 0.417 e. The second-order valence-corrected chi connectivity index (χ2v) is 21.0. The quantitative estimate of drug-likeness (QED) is 0.0651. The van der Waals surface area contributed by atoms with E-state index >= 15 is 0 Å². The molecule has 5 aromatic rings. The first-order valence-electron chi connectivity index (χ1n) is 23.1. The third kappa shape index (κ3) is 9.44. The van der Waals surface area contributed by atoms with E-state index in [1.807, 2.05) is 6.07 Å². The molecule has 1 atom stereocenters. The van der Waals surface area contributed by atoms with Gasteiger partial charge in [-0.05, 0) is 136 Å². The lowest BCUT2D eigenvalue weighted by molar-refractivity contribution is -0.384. The molecule has 2 saturated carbocycles. The Morgan fingerprint density at radius 3 is 2.46 bits per heavy atom. The van der Waals surface area contributed by atoms with Crippen LogP contribution in [0.1, 0.15) is 112 Å². The standard InChI is InChI=1S/C49H56F3N7O7S/c1-31(2)38-6-3-4-7-39(38)42-8-5-21-58(42)35-27-47(28-35)18-22-57(23-19-47)34-9-11-40(44(25-34)66-36-24-33-15-20-53-45(33)55-30-36)46(60)56-67(64,65)37-10-12-41(43(26-37)59(62)63)54-29-32-13-16-48(61,17-14-32)49(50,51)52/h3-4,6-7,9-12,15,20,24-26,30-32,35,42,54,61H,5,8,13-14,16-19,21-23,27-29H2,1-2H3,(H,53,55)(H,56,60)/t32?,42-,48?/m0/s1. The van der Waals surface area contributed by atoms with Crippen molar-refractivity contribution in [2.24, 2.45) is 11.3 Å². The van der Waals surface area contributed by atoms with Gasteiger partial charge in [0.15, 0.2) is 5.60 Å². The minimum absolute atomic E-state index is 0.0346. The Morgan fingerprint density at radius 1 is 1.00 bits per heavy atom. The van der Waals surface area contributed by atoms with Crippen molar-refractivity contribution in [3.63, 3.8) is 0 Å². The molecule has 0 radical (unpaired) electrons. The number of pyridine rings is 1. The van der Waals surface area contributed by atoms with E-state index < -0.39 is 56.1 Å². The average Bonchev–Trinajstić information content (AvgIpc) is 3.98. The SMILES string of the molecule is CC(C)c1ccccc1[C@@H]1CCCN1C1CC2(CCN(c3ccc(C(=O)NS(=O)(=O)c4ccc(NCC5CCC(O)(C(F)(F)F)CC5)c([N+](=O)[O-])c4)c(Oc4cnc5[nH]ccc5c4)c3)CC2)C1. The van der Waals surface area contributed by atoms with Gasteiger partial charge < -0.3 is 25.0 Å². The number of piperidine rings is 1. The fourth-order valence-electron chi connectivity index (χ4n) is 10.9. The maximum absolute atomic E-state index is 14.0. The van der Waals surface area contributed by atoms with Gasteiger partial charge in [0, 0.05) is 61.1 Å². The number of nitrogens with zero attached hydrogens (tertiary/aromatic N) is 4. The van der Waals surface area contributed by atoms with Gasteiger partial charge in [-0.2, -0.15) is 13.2 Å². The molecule has 356 valence electrons. The second-order valence-electron chi connectivity index (χ2n) is 19.3. The summed E-state index contributed by atoms with van der Waals surface area (Å²) in [5, 5.41) is 25.8. The van der Waals surface area contributed by atoms with E-state index in [-0.39, 0.29) is 47.7 Å². The molecule has 67 heavy (non-hydrogen) atoms. The lowest BCUT2D eigenvalue weighted by atomic mass is 9.59. The lowest BCUT2D eigenvalue weighted by Crippen LogP contribution is -2.54. The molecule has 4 heterocycles. The number of aromatic amines is 1. The van der Waals surface area contributed by atoms with Gasteiger partial charge in [-0.1, -0.05) is 38.1 Å². The van der Waals surface area contributed by atoms with Crippen LogP contribution >= 0.6 is 0 Å². The number of anilines is 2. The Balaban J connectivity index is 0.885. The number of carbonyl (C=O) groups excluding carboxylic acids is 1. The van der Waals surface area contributed by atoms with Crippen LogP contribution in [0, 0.1) is 21.4 Å². The van der Waals surface area contributed by atoms with Crippen LogP contribution < -0.4 is 19.7 Å².